The van der Waals surface area contributed by atoms with Gasteiger partial charge in [0.05, 0.1) is 10.7 Å². The number of rotatable bonds is 3. The molecule has 0 unspecified atom stereocenters. The van der Waals surface area contributed by atoms with E-state index in [1.807, 2.05) is 18.3 Å². The van der Waals surface area contributed by atoms with Crippen molar-refractivity contribution >= 4 is 33.2 Å². The first-order valence-corrected chi connectivity index (χ1v) is 8.66. The molecule has 0 spiro atoms. The summed E-state index contributed by atoms with van der Waals surface area (Å²) in [6, 6.07) is 5.65. The van der Waals surface area contributed by atoms with Gasteiger partial charge in [-0.3, -0.25) is 4.98 Å². The monoisotopic (exact) mass is 389 g/mol. The topological polar surface area (TPSA) is 93.2 Å². The van der Waals surface area contributed by atoms with Crippen LogP contribution in [-0.4, -0.2) is 32.7 Å². The second kappa shape index (κ2) is 8.07. The summed E-state index contributed by atoms with van der Waals surface area (Å²) in [6.45, 7) is 3.14. The molecule has 1 fully saturated rings. The molecule has 7 nitrogen and oxygen atoms in total. The van der Waals surface area contributed by atoms with E-state index in [4.69, 9.17) is 5.73 Å². The fraction of sp³-hybridized carbons (Fsp3) is 0.312. The Bertz CT molecular complexity index is 776. The maximum atomic E-state index is 5.80. The standard InChI is InChI=1S/C12H11BrN6.C4H9N/c13-9-7-17-19-11(4-10(14)18-12(9)19)16-6-8-2-1-3-15-5-8;1-2-4-5-3-1/h1-5,7,16H,6H2,(H2,14,18);5H,1-4H2. The van der Waals surface area contributed by atoms with Crippen molar-refractivity contribution in [1.29, 1.82) is 0 Å². The second-order valence-electron chi connectivity index (χ2n) is 5.47. The SMILES string of the molecule is C1CCNC1.Nc1cc(NCc2cccnc2)n2ncc(Br)c2n1. The number of fused-ring (bicyclic) bond motifs is 1. The first-order valence-electron chi connectivity index (χ1n) is 7.87. The van der Waals surface area contributed by atoms with Gasteiger partial charge in [0.2, 0.25) is 0 Å². The van der Waals surface area contributed by atoms with Gasteiger partial charge in [0.15, 0.2) is 5.65 Å². The lowest BCUT2D eigenvalue weighted by molar-refractivity contribution is 0.857. The Morgan fingerprint density at radius 2 is 2.12 bits per heavy atom. The van der Waals surface area contributed by atoms with Crippen molar-refractivity contribution in [1.82, 2.24) is 24.9 Å². The van der Waals surface area contributed by atoms with Gasteiger partial charge >= 0.3 is 0 Å². The molecule has 4 rings (SSSR count). The van der Waals surface area contributed by atoms with Gasteiger partial charge in [-0.2, -0.15) is 9.61 Å². The van der Waals surface area contributed by atoms with Gasteiger partial charge in [-0.25, -0.2) is 4.98 Å². The molecule has 24 heavy (non-hydrogen) atoms. The summed E-state index contributed by atoms with van der Waals surface area (Å²) in [4.78, 5) is 8.30. The number of nitrogens with zero attached hydrogens (tertiary/aromatic N) is 4. The zero-order valence-corrected chi connectivity index (χ0v) is 14.8. The maximum absolute atomic E-state index is 5.80. The fourth-order valence-electron chi connectivity index (χ4n) is 2.40. The van der Waals surface area contributed by atoms with E-state index in [0.29, 0.717) is 18.0 Å². The molecule has 1 aliphatic heterocycles. The predicted molar refractivity (Wildman–Crippen MR) is 98.8 cm³/mol. The Morgan fingerprint density at radius 3 is 2.79 bits per heavy atom. The molecule has 0 aromatic carbocycles. The zero-order chi connectivity index (χ0) is 16.8. The molecule has 0 saturated carbocycles. The van der Waals surface area contributed by atoms with Gasteiger partial charge in [0, 0.05) is 25.0 Å². The third-order valence-electron chi connectivity index (χ3n) is 3.60. The largest absolute Gasteiger partial charge is 0.384 e. The fourth-order valence-corrected chi connectivity index (χ4v) is 2.75. The van der Waals surface area contributed by atoms with Gasteiger partial charge in [-0.1, -0.05) is 6.07 Å². The van der Waals surface area contributed by atoms with Crippen LogP contribution in [0.5, 0.6) is 0 Å². The molecule has 0 radical (unpaired) electrons. The molecular formula is C16H20BrN7. The van der Waals surface area contributed by atoms with Crippen LogP contribution >= 0.6 is 15.9 Å². The van der Waals surface area contributed by atoms with E-state index in [2.05, 4.69) is 41.6 Å². The Morgan fingerprint density at radius 1 is 1.29 bits per heavy atom. The number of nitrogens with one attached hydrogen (secondary N) is 2. The van der Waals surface area contributed by atoms with E-state index in [9.17, 15) is 0 Å². The maximum Gasteiger partial charge on any atom is 0.173 e. The highest BCUT2D eigenvalue weighted by Gasteiger charge is 2.08. The van der Waals surface area contributed by atoms with Crippen LogP contribution in [0, 0.1) is 0 Å². The van der Waals surface area contributed by atoms with Crippen molar-refractivity contribution in [3.8, 4) is 0 Å². The Labute approximate surface area is 148 Å². The number of pyridine rings is 1. The number of nitrogen functional groups attached to an aromatic ring is 1. The molecule has 1 aliphatic rings. The van der Waals surface area contributed by atoms with Gasteiger partial charge < -0.3 is 16.4 Å². The summed E-state index contributed by atoms with van der Waals surface area (Å²) in [6.07, 6.45) is 8.03. The lowest BCUT2D eigenvalue weighted by atomic mass is 10.3. The third-order valence-corrected chi connectivity index (χ3v) is 4.16. The number of hydrogen-bond donors (Lipinski definition) is 3. The highest BCUT2D eigenvalue weighted by Crippen LogP contribution is 2.21. The van der Waals surface area contributed by atoms with Crippen molar-refractivity contribution in [3.63, 3.8) is 0 Å². The summed E-state index contributed by atoms with van der Waals surface area (Å²) < 4.78 is 2.51. The second-order valence-corrected chi connectivity index (χ2v) is 6.32. The predicted octanol–water partition coefficient (Wildman–Crippen LogP) is 2.45. The van der Waals surface area contributed by atoms with Crippen molar-refractivity contribution in [2.75, 3.05) is 24.1 Å². The molecule has 0 bridgehead atoms. The molecule has 3 aromatic rings. The smallest absolute Gasteiger partial charge is 0.173 e. The minimum Gasteiger partial charge on any atom is -0.384 e. The summed E-state index contributed by atoms with van der Waals surface area (Å²) in [5.74, 6) is 1.24. The van der Waals surface area contributed by atoms with Gasteiger partial charge in [0.25, 0.3) is 0 Å². The summed E-state index contributed by atoms with van der Waals surface area (Å²) in [7, 11) is 0. The number of aromatic nitrogens is 4. The van der Waals surface area contributed by atoms with E-state index >= 15 is 0 Å². The van der Waals surface area contributed by atoms with E-state index < -0.39 is 0 Å². The molecule has 8 heteroatoms. The molecule has 0 aliphatic carbocycles. The Balaban J connectivity index is 0.000000290. The minimum absolute atomic E-state index is 0.447. The van der Waals surface area contributed by atoms with Crippen LogP contribution in [-0.2, 0) is 6.54 Å². The van der Waals surface area contributed by atoms with Crippen molar-refractivity contribution in [2.24, 2.45) is 0 Å². The van der Waals surface area contributed by atoms with Crippen molar-refractivity contribution < 1.29 is 0 Å². The van der Waals surface area contributed by atoms with Crippen LogP contribution in [0.3, 0.4) is 0 Å². The van der Waals surface area contributed by atoms with Crippen LogP contribution in [0.1, 0.15) is 18.4 Å². The first kappa shape index (κ1) is 16.7. The average molecular weight is 390 g/mol. The average Bonchev–Trinajstić information content (AvgIpc) is 3.28. The zero-order valence-electron chi connectivity index (χ0n) is 13.2. The van der Waals surface area contributed by atoms with Gasteiger partial charge in [-0.05, 0) is 53.5 Å². The van der Waals surface area contributed by atoms with E-state index in [-0.39, 0.29) is 0 Å². The normalized spacial score (nSPS) is 13.5. The number of anilines is 2. The quantitative estimate of drug-likeness (QED) is 0.636. The summed E-state index contributed by atoms with van der Waals surface area (Å²) >= 11 is 3.39. The highest BCUT2D eigenvalue weighted by atomic mass is 79.9. The Hall–Kier alpha value is -2.19. The number of halogens is 1. The lowest BCUT2D eigenvalue weighted by Gasteiger charge is -2.09. The molecule has 126 valence electrons. The van der Waals surface area contributed by atoms with Crippen LogP contribution in [0.4, 0.5) is 11.6 Å². The molecular weight excluding hydrogens is 370 g/mol. The van der Waals surface area contributed by atoms with Gasteiger partial charge in [0.1, 0.15) is 11.6 Å². The number of hydrogen-bond acceptors (Lipinski definition) is 6. The summed E-state index contributed by atoms with van der Waals surface area (Å²) in [5, 5.41) is 10.7. The van der Waals surface area contributed by atoms with Crippen molar-refractivity contribution in [3.05, 3.63) is 46.8 Å². The highest BCUT2D eigenvalue weighted by molar-refractivity contribution is 9.10. The molecule has 0 amide bonds. The molecule has 4 N–H and O–H groups in total. The van der Waals surface area contributed by atoms with Crippen molar-refractivity contribution in [2.45, 2.75) is 19.4 Å². The summed E-state index contributed by atoms with van der Waals surface area (Å²) in [5.41, 5.74) is 7.57. The lowest BCUT2D eigenvalue weighted by Crippen LogP contribution is -2.07. The van der Waals surface area contributed by atoms with Crippen LogP contribution in [0.15, 0.2) is 41.3 Å². The molecule has 0 atom stereocenters. The van der Waals surface area contributed by atoms with E-state index in [1.54, 1.807) is 23.0 Å². The van der Waals surface area contributed by atoms with Gasteiger partial charge in [-0.15, -0.1) is 0 Å². The first-order chi connectivity index (χ1) is 11.7. The minimum atomic E-state index is 0.447. The van der Waals surface area contributed by atoms with E-state index in [1.165, 1.54) is 25.9 Å². The molecule has 1 saturated heterocycles. The van der Waals surface area contributed by atoms with Crippen LogP contribution in [0.2, 0.25) is 0 Å². The number of nitrogens with two attached hydrogens (primary N) is 1. The van der Waals surface area contributed by atoms with Crippen LogP contribution in [0.25, 0.3) is 5.65 Å². The molecule has 4 heterocycles. The van der Waals surface area contributed by atoms with Crippen LogP contribution < -0.4 is 16.4 Å². The van der Waals surface area contributed by atoms with E-state index in [0.717, 1.165) is 15.9 Å². The Kier molecular flexibility index (Phi) is 5.60. The molecule has 3 aromatic heterocycles. The third kappa shape index (κ3) is 4.21.